The fraction of sp³-hybridized carbons (Fsp3) is 0.444. The summed E-state index contributed by atoms with van der Waals surface area (Å²) in [6.45, 7) is 3.01. The highest BCUT2D eigenvalue weighted by molar-refractivity contribution is 7.07. The number of β-amino-alcohol motifs (C(OH)–C–C–N with tert-alkyl or cyclic N) is 1. The first kappa shape index (κ1) is 18.0. The van der Waals surface area contributed by atoms with Gasteiger partial charge >= 0.3 is 0 Å². The molecule has 9 heteroatoms. The molecule has 0 aliphatic carbocycles. The Hall–Kier alpha value is -2.36. The summed E-state index contributed by atoms with van der Waals surface area (Å²) in [6, 6.07) is 5.06. The second-order valence-electron chi connectivity index (χ2n) is 6.84. The summed E-state index contributed by atoms with van der Waals surface area (Å²) in [7, 11) is 0. The minimum Gasteiger partial charge on any atom is -0.385 e. The van der Waals surface area contributed by atoms with Crippen molar-refractivity contribution >= 4 is 11.3 Å². The molecule has 1 unspecified atom stereocenters. The van der Waals surface area contributed by atoms with Crippen molar-refractivity contribution in [3.63, 3.8) is 0 Å². The van der Waals surface area contributed by atoms with Gasteiger partial charge in [0.15, 0.2) is 5.82 Å². The van der Waals surface area contributed by atoms with Crippen molar-refractivity contribution in [3.8, 4) is 5.82 Å². The van der Waals surface area contributed by atoms with Crippen molar-refractivity contribution in [2.45, 2.75) is 25.5 Å². The quantitative estimate of drug-likeness (QED) is 0.688. The summed E-state index contributed by atoms with van der Waals surface area (Å²) in [5, 5.41) is 20.8. The first-order valence-corrected chi connectivity index (χ1v) is 10.00. The second kappa shape index (κ2) is 8.12. The standard InChI is InChI=1S/C18H22N6O2S/c25-16(15-12-27-13-19-15)11-22-8-4-14(5-9-22)10-24-18(26)3-2-17(21-24)23-7-1-6-20-23/h1-3,6-7,12-14,16,25H,4-5,8-11H2. The average Bonchev–Trinajstić information content (AvgIpc) is 3.39. The Labute approximate surface area is 160 Å². The topological polar surface area (TPSA) is 89.1 Å². The second-order valence-corrected chi connectivity index (χ2v) is 7.55. The number of thiazole rings is 1. The molecule has 0 saturated carbocycles. The van der Waals surface area contributed by atoms with Crippen LogP contribution in [0.15, 0.2) is 46.3 Å². The highest BCUT2D eigenvalue weighted by Gasteiger charge is 2.23. The number of nitrogens with zero attached hydrogens (tertiary/aromatic N) is 6. The van der Waals surface area contributed by atoms with E-state index in [9.17, 15) is 9.90 Å². The molecule has 8 nitrogen and oxygen atoms in total. The van der Waals surface area contributed by atoms with E-state index in [1.165, 1.54) is 11.3 Å². The lowest BCUT2D eigenvalue weighted by molar-refractivity contribution is 0.0837. The molecule has 0 spiro atoms. The number of hydrogen-bond acceptors (Lipinski definition) is 7. The summed E-state index contributed by atoms with van der Waals surface area (Å²) in [6.07, 6.45) is 4.91. The Bertz CT molecular complexity index is 900. The summed E-state index contributed by atoms with van der Waals surface area (Å²) < 4.78 is 3.19. The fourth-order valence-electron chi connectivity index (χ4n) is 3.42. The lowest BCUT2D eigenvalue weighted by Crippen LogP contribution is -2.39. The molecule has 142 valence electrons. The first-order chi connectivity index (χ1) is 13.2. The van der Waals surface area contributed by atoms with Crippen LogP contribution >= 0.6 is 11.3 Å². The molecule has 1 saturated heterocycles. The van der Waals surface area contributed by atoms with Gasteiger partial charge in [0, 0.05) is 36.9 Å². The molecule has 1 aliphatic heterocycles. The van der Waals surface area contributed by atoms with E-state index in [4.69, 9.17) is 0 Å². The highest BCUT2D eigenvalue weighted by Crippen LogP contribution is 2.21. The third-order valence-electron chi connectivity index (χ3n) is 4.95. The van der Waals surface area contributed by atoms with Gasteiger partial charge in [-0.05, 0) is 44.0 Å². The third kappa shape index (κ3) is 4.32. The molecular weight excluding hydrogens is 364 g/mol. The van der Waals surface area contributed by atoms with Gasteiger partial charge in [-0.2, -0.15) is 5.10 Å². The maximum Gasteiger partial charge on any atom is 0.266 e. The van der Waals surface area contributed by atoms with Gasteiger partial charge < -0.3 is 10.0 Å². The molecule has 0 amide bonds. The van der Waals surface area contributed by atoms with Gasteiger partial charge in [-0.25, -0.2) is 14.3 Å². The zero-order chi connectivity index (χ0) is 18.6. The number of hydrogen-bond donors (Lipinski definition) is 1. The van der Waals surface area contributed by atoms with Crippen LogP contribution in [0.4, 0.5) is 0 Å². The highest BCUT2D eigenvalue weighted by atomic mass is 32.1. The zero-order valence-electron chi connectivity index (χ0n) is 14.9. The van der Waals surface area contributed by atoms with Gasteiger partial charge in [-0.3, -0.25) is 4.79 Å². The largest absolute Gasteiger partial charge is 0.385 e. The maximum absolute atomic E-state index is 12.2. The number of aromatic nitrogens is 5. The van der Waals surface area contributed by atoms with E-state index >= 15 is 0 Å². The van der Waals surface area contributed by atoms with Gasteiger partial charge in [-0.1, -0.05) is 0 Å². The number of likely N-dealkylation sites (tertiary alicyclic amines) is 1. The predicted molar refractivity (Wildman–Crippen MR) is 102 cm³/mol. The Morgan fingerprint density at radius 1 is 1.30 bits per heavy atom. The molecule has 4 heterocycles. The van der Waals surface area contributed by atoms with Crippen LogP contribution in [0.25, 0.3) is 5.82 Å². The molecule has 4 rings (SSSR count). The smallest absolute Gasteiger partial charge is 0.266 e. The van der Waals surface area contributed by atoms with Crippen molar-refractivity contribution < 1.29 is 5.11 Å². The molecule has 1 atom stereocenters. The molecule has 27 heavy (non-hydrogen) atoms. The van der Waals surface area contributed by atoms with Crippen LogP contribution in [0.2, 0.25) is 0 Å². The van der Waals surface area contributed by atoms with Gasteiger partial charge in [-0.15, -0.1) is 16.4 Å². The fourth-order valence-corrected chi connectivity index (χ4v) is 4.02. The van der Waals surface area contributed by atoms with E-state index < -0.39 is 6.10 Å². The minimum absolute atomic E-state index is 0.0905. The van der Waals surface area contributed by atoms with Gasteiger partial charge in [0.25, 0.3) is 5.56 Å². The van der Waals surface area contributed by atoms with E-state index in [0.29, 0.717) is 24.8 Å². The molecular formula is C18H22N6O2S. The van der Waals surface area contributed by atoms with Crippen molar-refractivity contribution in [1.29, 1.82) is 0 Å². The minimum atomic E-state index is -0.539. The van der Waals surface area contributed by atoms with E-state index in [1.807, 2.05) is 17.6 Å². The zero-order valence-corrected chi connectivity index (χ0v) is 15.7. The van der Waals surface area contributed by atoms with Crippen LogP contribution in [0.1, 0.15) is 24.6 Å². The van der Waals surface area contributed by atoms with Gasteiger partial charge in [0.1, 0.15) is 6.10 Å². The third-order valence-corrected chi connectivity index (χ3v) is 5.56. The van der Waals surface area contributed by atoms with Crippen molar-refractivity contribution in [3.05, 3.63) is 57.5 Å². The van der Waals surface area contributed by atoms with Crippen LogP contribution in [0, 0.1) is 5.92 Å². The van der Waals surface area contributed by atoms with Gasteiger partial charge in [0.2, 0.25) is 0 Å². The van der Waals surface area contributed by atoms with Crippen LogP contribution in [-0.4, -0.2) is 54.2 Å². The molecule has 0 aromatic carbocycles. The monoisotopic (exact) mass is 386 g/mol. The number of rotatable bonds is 6. The summed E-state index contributed by atoms with van der Waals surface area (Å²) >= 11 is 1.50. The lowest BCUT2D eigenvalue weighted by atomic mass is 9.96. The summed E-state index contributed by atoms with van der Waals surface area (Å²) in [5.74, 6) is 1.04. The van der Waals surface area contributed by atoms with E-state index in [2.05, 4.69) is 20.1 Å². The number of aliphatic hydroxyl groups is 1. The summed E-state index contributed by atoms with van der Waals surface area (Å²) in [5.41, 5.74) is 2.40. The Morgan fingerprint density at radius 2 is 2.15 bits per heavy atom. The SMILES string of the molecule is O=c1ccc(-n2cccn2)nn1CC1CCN(CC(O)c2cscn2)CC1. The Balaban J connectivity index is 1.34. The van der Waals surface area contributed by atoms with Crippen LogP contribution < -0.4 is 5.56 Å². The van der Waals surface area contributed by atoms with E-state index in [1.54, 1.807) is 33.2 Å². The van der Waals surface area contributed by atoms with Gasteiger partial charge in [0.05, 0.1) is 11.2 Å². The summed E-state index contributed by atoms with van der Waals surface area (Å²) in [4.78, 5) is 18.6. The number of piperidine rings is 1. The van der Waals surface area contributed by atoms with Crippen LogP contribution in [0.5, 0.6) is 0 Å². The number of aliphatic hydroxyl groups excluding tert-OH is 1. The van der Waals surface area contributed by atoms with Crippen molar-refractivity contribution in [2.24, 2.45) is 5.92 Å². The molecule has 0 bridgehead atoms. The van der Waals surface area contributed by atoms with Crippen LogP contribution in [-0.2, 0) is 6.54 Å². The van der Waals surface area contributed by atoms with E-state index in [0.717, 1.165) is 31.6 Å². The van der Waals surface area contributed by atoms with E-state index in [-0.39, 0.29) is 5.56 Å². The molecule has 3 aromatic rings. The van der Waals surface area contributed by atoms with Crippen molar-refractivity contribution in [2.75, 3.05) is 19.6 Å². The molecule has 3 aromatic heterocycles. The van der Waals surface area contributed by atoms with Crippen LogP contribution in [0.3, 0.4) is 0 Å². The Morgan fingerprint density at radius 3 is 2.85 bits per heavy atom. The first-order valence-electron chi connectivity index (χ1n) is 9.06. The maximum atomic E-state index is 12.2. The molecule has 0 radical (unpaired) electrons. The predicted octanol–water partition coefficient (Wildman–Crippen LogP) is 1.33. The lowest BCUT2D eigenvalue weighted by Gasteiger charge is -2.32. The Kier molecular flexibility index (Phi) is 5.42. The molecule has 1 N–H and O–H groups in total. The van der Waals surface area contributed by atoms with Crippen molar-refractivity contribution in [1.82, 2.24) is 29.4 Å². The normalized spacial score (nSPS) is 17.2. The molecule has 1 aliphatic rings. The molecule has 1 fully saturated rings. The average molecular weight is 386 g/mol.